The summed E-state index contributed by atoms with van der Waals surface area (Å²) in [7, 11) is 0. The van der Waals surface area contributed by atoms with Crippen LogP contribution in [0.4, 0.5) is 0 Å². The number of benzene rings is 1. The van der Waals surface area contributed by atoms with Gasteiger partial charge in [0.1, 0.15) is 0 Å². The van der Waals surface area contributed by atoms with E-state index in [4.69, 9.17) is 16.7 Å². The van der Waals surface area contributed by atoms with Gasteiger partial charge < -0.3 is 22.1 Å². The SMILES string of the molecule is CC1(C)CCCC(C)(C)N1.N.O.O=C(O)c1ccc(CCl)cc1. The number of carboxylic acid groups (broad SMARTS) is 1. The zero-order valence-corrected chi connectivity index (χ0v) is 15.3. The van der Waals surface area contributed by atoms with Crippen LogP contribution in [-0.2, 0) is 5.88 Å². The van der Waals surface area contributed by atoms with Crippen molar-refractivity contribution in [3.8, 4) is 0 Å². The molecule has 7 N–H and O–H groups in total. The average Bonchev–Trinajstić information content (AvgIpc) is 2.36. The Labute approximate surface area is 144 Å². The number of hydrogen-bond donors (Lipinski definition) is 3. The molecule has 23 heavy (non-hydrogen) atoms. The second-order valence-electron chi connectivity index (χ2n) is 6.88. The van der Waals surface area contributed by atoms with Gasteiger partial charge in [-0.05, 0) is 64.7 Å². The van der Waals surface area contributed by atoms with Gasteiger partial charge in [-0.25, -0.2) is 4.79 Å². The molecule has 0 atom stereocenters. The Morgan fingerprint density at radius 3 is 1.83 bits per heavy atom. The first-order valence-corrected chi connectivity index (χ1v) is 7.86. The molecule has 0 radical (unpaired) electrons. The summed E-state index contributed by atoms with van der Waals surface area (Å²) in [6.07, 6.45) is 4.00. The van der Waals surface area contributed by atoms with Crippen LogP contribution in [0.5, 0.6) is 0 Å². The van der Waals surface area contributed by atoms with Crippen molar-refractivity contribution in [1.29, 1.82) is 0 Å². The lowest BCUT2D eigenvalue weighted by molar-refractivity contribution is 0.0697. The Hall–Kier alpha value is -1.14. The van der Waals surface area contributed by atoms with Crippen LogP contribution in [0.2, 0.25) is 0 Å². The van der Waals surface area contributed by atoms with Crippen LogP contribution in [0.3, 0.4) is 0 Å². The number of hydrogen-bond acceptors (Lipinski definition) is 3. The number of alkyl halides is 1. The summed E-state index contributed by atoms with van der Waals surface area (Å²) in [6, 6.07) is 6.49. The number of rotatable bonds is 2. The van der Waals surface area contributed by atoms with Crippen molar-refractivity contribution in [2.45, 2.75) is 63.9 Å². The maximum Gasteiger partial charge on any atom is 0.335 e. The molecule has 0 spiro atoms. The fraction of sp³-hybridized carbons (Fsp3) is 0.588. The van der Waals surface area contributed by atoms with Crippen molar-refractivity contribution in [2.75, 3.05) is 0 Å². The van der Waals surface area contributed by atoms with E-state index in [0.29, 0.717) is 22.5 Å². The molecule has 1 aliphatic heterocycles. The smallest absolute Gasteiger partial charge is 0.335 e. The van der Waals surface area contributed by atoms with E-state index in [1.54, 1.807) is 24.3 Å². The molecule has 1 aromatic carbocycles. The molecule has 6 heteroatoms. The molecule has 134 valence electrons. The maximum atomic E-state index is 10.4. The molecular formula is C17H31ClN2O3. The van der Waals surface area contributed by atoms with Crippen LogP contribution in [0.25, 0.3) is 0 Å². The monoisotopic (exact) mass is 346 g/mol. The van der Waals surface area contributed by atoms with E-state index in [9.17, 15) is 4.79 Å². The fourth-order valence-corrected chi connectivity index (χ4v) is 2.93. The molecule has 2 rings (SSSR count). The number of halogens is 1. The van der Waals surface area contributed by atoms with Gasteiger partial charge in [-0.2, -0.15) is 0 Å². The number of aromatic carboxylic acids is 1. The van der Waals surface area contributed by atoms with Gasteiger partial charge in [-0.1, -0.05) is 12.1 Å². The minimum atomic E-state index is -0.911. The highest BCUT2D eigenvalue weighted by molar-refractivity contribution is 6.17. The van der Waals surface area contributed by atoms with Gasteiger partial charge in [-0.3, -0.25) is 0 Å². The van der Waals surface area contributed by atoms with Gasteiger partial charge >= 0.3 is 5.97 Å². The molecule has 1 aliphatic rings. The largest absolute Gasteiger partial charge is 0.478 e. The van der Waals surface area contributed by atoms with Gasteiger partial charge in [0.15, 0.2) is 0 Å². The van der Waals surface area contributed by atoms with E-state index in [2.05, 4.69) is 33.0 Å². The summed E-state index contributed by atoms with van der Waals surface area (Å²) in [5.41, 5.74) is 1.94. The molecule has 5 nitrogen and oxygen atoms in total. The van der Waals surface area contributed by atoms with Crippen LogP contribution in [-0.4, -0.2) is 27.6 Å². The highest BCUT2D eigenvalue weighted by atomic mass is 35.5. The van der Waals surface area contributed by atoms with Crippen molar-refractivity contribution in [2.24, 2.45) is 0 Å². The number of carboxylic acids is 1. The first kappa shape index (κ1) is 24.1. The van der Waals surface area contributed by atoms with Crippen LogP contribution < -0.4 is 11.5 Å². The third-order valence-electron chi connectivity index (χ3n) is 3.64. The molecule has 1 saturated heterocycles. The molecule has 0 saturated carbocycles. The van der Waals surface area contributed by atoms with Crippen LogP contribution >= 0.6 is 11.6 Å². The van der Waals surface area contributed by atoms with Gasteiger partial charge in [0, 0.05) is 17.0 Å². The predicted molar refractivity (Wildman–Crippen MR) is 96.7 cm³/mol. The molecule has 0 bridgehead atoms. The first-order chi connectivity index (χ1) is 9.65. The number of carbonyl (C=O) groups is 1. The van der Waals surface area contributed by atoms with Crippen molar-refractivity contribution < 1.29 is 15.4 Å². The lowest BCUT2D eigenvalue weighted by Crippen LogP contribution is -2.55. The molecule has 0 aromatic heterocycles. The molecule has 1 aromatic rings. The minimum Gasteiger partial charge on any atom is -0.478 e. The van der Waals surface area contributed by atoms with Gasteiger partial charge in [0.05, 0.1) is 5.56 Å². The molecule has 0 aliphatic carbocycles. The van der Waals surface area contributed by atoms with Crippen LogP contribution in [0.1, 0.15) is 62.9 Å². The van der Waals surface area contributed by atoms with E-state index in [-0.39, 0.29) is 11.6 Å². The average molecular weight is 347 g/mol. The fourth-order valence-electron chi connectivity index (χ4n) is 2.75. The lowest BCUT2D eigenvalue weighted by atomic mass is 9.83. The predicted octanol–water partition coefficient (Wildman–Crippen LogP) is 3.78. The Bertz CT molecular complexity index is 459. The third kappa shape index (κ3) is 8.91. The highest BCUT2D eigenvalue weighted by Gasteiger charge is 2.31. The second kappa shape index (κ2) is 9.88. The van der Waals surface area contributed by atoms with Crippen LogP contribution in [0, 0.1) is 0 Å². The summed E-state index contributed by atoms with van der Waals surface area (Å²) >= 11 is 5.51. The van der Waals surface area contributed by atoms with Crippen molar-refractivity contribution in [1.82, 2.24) is 11.5 Å². The van der Waals surface area contributed by atoms with Crippen molar-refractivity contribution in [3.63, 3.8) is 0 Å². The number of nitrogens with one attached hydrogen (secondary N) is 1. The van der Waals surface area contributed by atoms with E-state index in [1.165, 1.54) is 19.3 Å². The quantitative estimate of drug-likeness (QED) is 0.706. The molecule has 0 amide bonds. The standard InChI is InChI=1S/C9H19N.C8H7ClO2.H3N.H2O/c1-8(2)6-5-7-9(3,4)10-8;9-5-6-1-3-7(4-2-6)8(10)11;;/h10H,5-7H2,1-4H3;1-4H,5H2,(H,10,11);1H3;1H2. The van der Waals surface area contributed by atoms with Crippen molar-refractivity contribution in [3.05, 3.63) is 35.4 Å². The zero-order valence-electron chi connectivity index (χ0n) is 14.6. The molecule has 0 unspecified atom stereocenters. The summed E-state index contributed by atoms with van der Waals surface area (Å²) in [5, 5.41) is 12.1. The van der Waals surface area contributed by atoms with Gasteiger partial charge in [0.2, 0.25) is 0 Å². The normalized spacial score (nSPS) is 17.6. The summed E-state index contributed by atoms with van der Waals surface area (Å²) in [5.74, 6) is -0.494. The summed E-state index contributed by atoms with van der Waals surface area (Å²) in [6.45, 7) is 9.14. The van der Waals surface area contributed by atoms with Crippen molar-refractivity contribution >= 4 is 17.6 Å². The van der Waals surface area contributed by atoms with E-state index in [1.807, 2.05) is 0 Å². The third-order valence-corrected chi connectivity index (χ3v) is 3.94. The Morgan fingerprint density at radius 1 is 1.13 bits per heavy atom. The Morgan fingerprint density at radius 2 is 1.57 bits per heavy atom. The Kier molecular flexibility index (Phi) is 10.4. The van der Waals surface area contributed by atoms with E-state index < -0.39 is 5.97 Å². The van der Waals surface area contributed by atoms with E-state index in [0.717, 1.165) is 5.56 Å². The topological polar surface area (TPSA) is 116 Å². The molecule has 1 fully saturated rings. The number of piperidine rings is 1. The first-order valence-electron chi connectivity index (χ1n) is 7.33. The molecule has 1 heterocycles. The lowest BCUT2D eigenvalue weighted by Gasteiger charge is -2.42. The van der Waals surface area contributed by atoms with Gasteiger partial charge in [-0.15, -0.1) is 11.6 Å². The summed E-state index contributed by atoms with van der Waals surface area (Å²) < 4.78 is 0. The van der Waals surface area contributed by atoms with Crippen LogP contribution in [0.15, 0.2) is 24.3 Å². The minimum absolute atomic E-state index is 0. The van der Waals surface area contributed by atoms with E-state index >= 15 is 0 Å². The Balaban J connectivity index is 0. The zero-order chi connectivity index (χ0) is 16.1. The highest BCUT2D eigenvalue weighted by Crippen LogP contribution is 2.27. The maximum absolute atomic E-state index is 10.4. The van der Waals surface area contributed by atoms with Gasteiger partial charge in [0.25, 0.3) is 0 Å². The summed E-state index contributed by atoms with van der Waals surface area (Å²) in [4.78, 5) is 10.4. The molecular weight excluding hydrogens is 316 g/mol. The second-order valence-corrected chi connectivity index (χ2v) is 7.15.